The van der Waals surface area contributed by atoms with Gasteiger partial charge in [-0.1, -0.05) is 18.2 Å². The first-order valence-corrected chi connectivity index (χ1v) is 13.4. The molecule has 2 heterocycles. The normalized spacial score (nSPS) is 11.8. The summed E-state index contributed by atoms with van der Waals surface area (Å²) in [6.45, 7) is 2.26. The number of carbonyl (C=O) groups excluding carboxylic acids is 2. The second kappa shape index (κ2) is 12.6. The molecule has 1 atom stereocenters. The van der Waals surface area contributed by atoms with E-state index in [1.165, 1.54) is 14.0 Å². The maximum absolute atomic E-state index is 13.4. The molecule has 0 aliphatic carbocycles. The van der Waals surface area contributed by atoms with Crippen molar-refractivity contribution in [3.05, 3.63) is 89.4 Å². The molecule has 1 N–H and O–H groups in total. The Morgan fingerprint density at radius 3 is 2.56 bits per heavy atom. The van der Waals surface area contributed by atoms with Crippen LogP contribution in [0.3, 0.4) is 0 Å². The van der Waals surface area contributed by atoms with Gasteiger partial charge in [0.2, 0.25) is 5.44 Å². The summed E-state index contributed by atoms with van der Waals surface area (Å²) in [6.07, 6.45) is 6.78. The van der Waals surface area contributed by atoms with Crippen LogP contribution in [0.2, 0.25) is 0 Å². The van der Waals surface area contributed by atoms with Crippen LogP contribution >= 0.6 is 11.8 Å². The first kappa shape index (κ1) is 27.9. The molecule has 0 saturated carbocycles. The van der Waals surface area contributed by atoms with Gasteiger partial charge in [0.25, 0.3) is 0 Å². The van der Waals surface area contributed by atoms with E-state index in [0.29, 0.717) is 40.3 Å². The minimum atomic E-state index is -1.04. The van der Waals surface area contributed by atoms with Gasteiger partial charge in [0.15, 0.2) is 11.6 Å². The Hall–Kier alpha value is -4.15. The van der Waals surface area contributed by atoms with E-state index in [0.717, 1.165) is 22.7 Å². The third-order valence-electron chi connectivity index (χ3n) is 6.05. The second-order valence-electron chi connectivity index (χ2n) is 8.68. The van der Waals surface area contributed by atoms with Crippen molar-refractivity contribution in [2.75, 3.05) is 20.0 Å². The number of benzene rings is 2. The maximum atomic E-state index is 13.4. The lowest BCUT2D eigenvalue weighted by Gasteiger charge is -2.14. The second-order valence-corrected chi connectivity index (χ2v) is 9.58. The Morgan fingerprint density at radius 1 is 1.08 bits per heavy atom. The molecular formula is C29H28N2O7S. The minimum Gasteiger partial charge on any atom is -0.497 e. The molecule has 0 amide bonds. The molecule has 4 rings (SSSR count). The van der Waals surface area contributed by atoms with Crippen LogP contribution in [0.1, 0.15) is 38.8 Å². The summed E-state index contributed by atoms with van der Waals surface area (Å²) in [6, 6.07) is 13.8. The maximum Gasteiger partial charge on any atom is 0.343 e. The number of rotatable bonds is 13. The van der Waals surface area contributed by atoms with Gasteiger partial charge in [0.1, 0.15) is 18.1 Å². The average Bonchev–Trinajstić information content (AvgIpc) is 3.31. The molecule has 0 aliphatic rings. The standard InChI is InChI=1S/C29H28N2O7S/c1-18(32)20-5-4-6-21(13-20)27(33)25-16-31(26-15-30-8-7-24(25)26)9-10-37-23-12-19(11-22(14-23)36-2)17-38-29(39-3)28(34)35/h4-8,11-16,29H,9-10,17H2,1-3H3,(H,34,35)/t29-/m1/s1. The molecule has 4 aromatic rings. The Balaban J connectivity index is 1.51. The van der Waals surface area contributed by atoms with Gasteiger partial charge < -0.3 is 23.9 Å². The summed E-state index contributed by atoms with van der Waals surface area (Å²) in [5, 5.41) is 9.96. The molecule has 0 bridgehead atoms. The van der Waals surface area contributed by atoms with Gasteiger partial charge in [-0.2, -0.15) is 0 Å². The van der Waals surface area contributed by atoms with Crippen LogP contribution in [0, 0.1) is 0 Å². The topological polar surface area (TPSA) is 117 Å². The minimum absolute atomic E-state index is 0.0789. The number of carboxylic acid groups (broad SMARTS) is 1. The molecule has 2 aromatic carbocycles. The molecule has 0 radical (unpaired) electrons. The number of hydrogen-bond acceptors (Lipinski definition) is 8. The zero-order valence-corrected chi connectivity index (χ0v) is 22.6. The predicted molar refractivity (Wildman–Crippen MR) is 148 cm³/mol. The number of Topliss-reactive ketones (excluding diaryl/α,β-unsaturated/α-hetero) is 1. The molecule has 0 fully saturated rings. The van der Waals surface area contributed by atoms with Crippen LogP contribution < -0.4 is 9.47 Å². The first-order chi connectivity index (χ1) is 18.8. The number of aromatic nitrogens is 2. The highest BCUT2D eigenvalue weighted by Crippen LogP contribution is 2.26. The Bertz CT molecular complexity index is 1510. The van der Waals surface area contributed by atoms with Gasteiger partial charge >= 0.3 is 5.97 Å². The average molecular weight is 549 g/mol. The largest absolute Gasteiger partial charge is 0.497 e. The Kier molecular flexibility index (Phi) is 9.00. The highest BCUT2D eigenvalue weighted by molar-refractivity contribution is 7.99. The van der Waals surface area contributed by atoms with Crippen molar-refractivity contribution >= 4 is 40.2 Å². The van der Waals surface area contributed by atoms with E-state index in [1.807, 2.05) is 4.57 Å². The van der Waals surface area contributed by atoms with Crippen molar-refractivity contribution in [2.24, 2.45) is 0 Å². The summed E-state index contributed by atoms with van der Waals surface area (Å²) in [4.78, 5) is 40.6. The van der Waals surface area contributed by atoms with Crippen LogP contribution in [0.15, 0.2) is 67.1 Å². The lowest BCUT2D eigenvalue weighted by atomic mass is 10.0. The van der Waals surface area contributed by atoms with Crippen molar-refractivity contribution in [3.63, 3.8) is 0 Å². The predicted octanol–water partition coefficient (Wildman–Crippen LogP) is 4.85. The number of aliphatic carboxylic acids is 1. The van der Waals surface area contributed by atoms with Crippen LogP contribution in [0.5, 0.6) is 11.5 Å². The zero-order chi connectivity index (χ0) is 27.9. The molecule has 9 nitrogen and oxygen atoms in total. The number of carboxylic acids is 1. The van der Waals surface area contributed by atoms with Crippen molar-refractivity contribution in [3.8, 4) is 11.5 Å². The number of pyridine rings is 1. The van der Waals surface area contributed by atoms with Crippen LogP contribution in [-0.2, 0) is 22.7 Å². The van der Waals surface area contributed by atoms with Gasteiger partial charge in [0, 0.05) is 40.5 Å². The number of hydrogen-bond donors (Lipinski definition) is 1. The number of carbonyl (C=O) groups is 3. The fourth-order valence-electron chi connectivity index (χ4n) is 4.13. The zero-order valence-electron chi connectivity index (χ0n) is 21.7. The smallest absolute Gasteiger partial charge is 0.343 e. The summed E-state index contributed by atoms with van der Waals surface area (Å²) >= 11 is 1.10. The fraction of sp³-hybridized carbons (Fsp3) is 0.241. The van der Waals surface area contributed by atoms with E-state index in [-0.39, 0.29) is 24.8 Å². The lowest BCUT2D eigenvalue weighted by molar-refractivity contribution is -0.145. The van der Waals surface area contributed by atoms with Gasteiger partial charge in [-0.05, 0) is 43.0 Å². The molecule has 0 spiro atoms. The number of ether oxygens (including phenoxy) is 3. The monoisotopic (exact) mass is 548 g/mol. The SMILES string of the molecule is COc1cc(CO[C@H](SC)C(=O)O)cc(OCCn2cc(C(=O)c3cccc(C(C)=O)c3)c3ccncc32)c1. The molecule has 0 aliphatic heterocycles. The van der Waals surface area contributed by atoms with Crippen molar-refractivity contribution in [2.45, 2.75) is 25.5 Å². The third-order valence-corrected chi connectivity index (χ3v) is 6.82. The van der Waals surface area contributed by atoms with E-state index in [2.05, 4.69) is 4.98 Å². The highest BCUT2D eigenvalue weighted by Gasteiger charge is 2.19. The molecule has 39 heavy (non-hydrogen) atoms. The number of thioether (sulfide) groups is 1. The molecular weight excluding hydrogens is 520 g/mol. The molecule has 10 heteroatoms. The summed E-state index contributed by atoms with van der Waals surface area (Å²) < 4.78 is 18.8. The molecule has 2 aromatic heterocycles. The number of methoxy groups -OCH3 is 1. The van der Waals surface area contributed by atoms with Gasteiger partial charge in [-0.3, -0.25) is 14.6 Å². The first-order valence-electron chi connectivity index (χ1n) is 12.1. The number of nitrogens with zero attached hydrogens (tertiary/aromatic N) is 2. The quantitative estimate of drug-likeness (QED) is 0.185. The lowest BCUT2D eigenvalue weighted by Crippen LogP contribution is -2.19. The Labute approximate surface area is 229 Å². The number of fused-ring (bicyclic) bond motifs is 1. The van der Waals surface area contributed by atoms with Crippen molar-refractivity contribution < 1.29 is 33.7 Å². The van der Waals surface area contributed by atoms with Crippen LogP contribution in [0.25, 0.3) is 10.9 Å². The molecule has 202 valence electrons. The summed E-state index contributed by atoms with van der Waals surface area (Å²) in [5.74, 6) is -0.239. The molecule has 0 saturated heterocycles. The third kappa shape index (κ3) is 6.65. The van der Waals surface area contributed by atoms with Gasteiger partial charge in [-0.15, -0.1) is 11.8 Å². The summed E-state index contributed by atoms with van der Waals surface area (Å²) in [7, 11) is 1.54. The van der Waals surface area contributed by atoms with Crippen LogP contribution in [-0.4, -0.2) is 57.6 Å². The van der Waals surface area contributed by atoms with E-state index < -0.39 is 11.4 Å². The van der Waals surface area contributed by atoms with Crippen molar-refractivity contribution in [1.82, 2.24) is 9.55 Å². The fourth-order valence-corrected chi connectivity index (χ4v) is 4.53. The number of ketones is 2. The van der Waals surface area contributed by atoms with E-state index in [9.17, 15) is 19.5 Å². The van der Waals surface area contributed by atoms with E-state index in [1.54, 1.807) is 73.4 Å². The van der Waals surface area contributed by atoms with E-state index in [4.69, 9.17) is 14.2 Å². The highest BCUT2D eigenvalue weighted by atomic mass is 32.2. The summed E-state index contributed by atoms with van der Waals surface area (Å²) in [5.41, 5.74) is 1.94. The van der Waals surface area contributed by atoms with Gasteiger partial charge in [-0.25, -0.2) is 4.79 Å². The molecule has 0 unspecified atom stereocenters. The Morgan fingerprint density at radius 2 is 1.85 bits per heavy atom. The van der Waals surface area contributed by atoms with Gasteiger partial charge in [0.05, 0.1) is 32.0 Å². The van der Waals surface area contributed by atoms with E-state index >= 15 is 0 Å². The van der Waals surface area contributed by atoms with Crippen molar-refractivity contribution in [1.29, 1.82) is 0 Å². The van der Waals surface area contributed by atoms with Crippen LogP contribution in [0.4, 0.5) is 0 Å².